The monoisotopic (exact) mass is 277 g/mol. The fraction of sp³-hybridized carbons (Fsp3) is 0.182. The van der Waals surface area contributed by atoms with Gasteiger partial charge < -0.3 is 9.88 Å². The molecule has 0 aliphatic rings. The van der Waals surface area contributed by atoms with E-state index in [9.17, 15) is 19.7 Å². The number of nitrogens with zero attached hydrogens (tertiary/aromatic N) is 3. The quantitative estimate of drug-likeness (QED) is 0.613. The van der Waals surface area contributed by atoms with Gasteiger partial charge in [-0.05, 0) is 0 Å². The van der Waals surface area contributed by atoms with E-state index >= 15 is 0 Å². The average molecular weight is 277 g/mol. The molecule has 0 unspecified atom stereocenters. The molecule has 2 N–H and O–H groups in total. The fourth-order valence-corrected chi connectivity index (χ4v) is 1.65. The summed E-state index contributed by atoms with van der Waals surface area (Å²) in [6.45, 7) is 0.234. The molecular formula is C11H11N5O4. The number of amides is 1. The highest BCUT2D eigenvalue weighted by Crippen LogP contribution is 2.10. The third kappa shape index (κ3) is 2.71. The number of aromatic nitrogens is 3. The van der Waals surface area contributed by atoms with Gasteiger partial charge in [0.2, 0.25) is 0 Å². The summed E-state index contributed by atoms with van der Waals surface area (Å²) in [6.07, 6.45) is 4.11. The second-order valence-corrected chi connectivity index (χ2v) is 4.13. The average Bonchev–Trinajstić information content (AvgIpc) is 2.91. The molecule has 2 aromatic heterocycles. The van der Waals surface area contributed by atoms with Crippen molar-refractivity contribution >= 4 is 11.6 Å². The maximum atomic E-state index is 12.1. The Balaban J connectivity index is 2.26. The first-order valence-electron chi connectivity index (χ1n) is 5.59. The second kappa shape index (κ2) is 5.34. The number of rotatable bonds is 4. The largest absolute Gasteiger partial charge is 0.337 e. The van der Waals surface area contributed by atoms with Gasteiger partial charge in [0.05, 0.1) is 17.3 Å². The Morgan fingerprint density at radius 3 is 2.85 bits per heavy atom. The molecule has 9 nitrogen and oxygen atoms in total. The lowest BCUT2D eigenvalue weighted by molar-refractivity contribution is -0.385. The van der Waals surface area contributed by atoms with Crippen molar-refractivity contribution in [2.45, 2.75) is 6.54 Å². The zero-order valence-corrected chi connectivity index (χ0v) is 10.5. The summed E-state index contributed by atoms with van der Waals surface area (Å²) in [7, 11) is 1.49. The van der Waals surface area contributed by atoms with Crippen molar-refractivity contribution in [3.63, 3.8) is 0 Å². The zero-order valence-electron chi connectivity index (χ0n) is 10.5. The molecule has 0 saturated heterocycles. The molecule has 0 aromatic carbocycles. The van der Waals surface area contributed by atoms with E-state index in [1.54, 1.807) is 12.4 Å². The summed E-state index contributed by atoms with van der Waals surface area (Å²) in [5.41, 5.74) is -0.530. The van der Waals surface area contributed by atoms with E-state index in [1.165, 1.54) is 11.9 Å². The Hall–Kier alpha value is -2.97. The van der Waals surface area contributed by atoms with Gasteiger partial charge in [0.15, 0.2) is 0 Å². The SMILES string of the molecule is CN(Cc1cn[nH]c1)C(=O)c1cc([N+](=O)[O-])c[nH]c1=O. The highest BCUT2D eigenvalue weighted by Gasteiger charge is 2.19. The van der Waals surface area contributed by atoms with E-state index in [4.69, 9.17) is 0 Å². The van der Waals surface area contributed by atoms with Crippen molar-refractivity contribution in [2.75, 3.05) is 7.05 Å². The number of aromatic amines is 2. The van der Waals surface area contributed by atoms with Gasteiger partial charge in [-0.1, -0.05) is 0 Å². The van der Waals surface area contributed by atoms with Crippen LogP contribution >= 0.6 is 0 Å². The van der Waals surface area contributed by atoms with E-state index < -0.39 is 16.4 Å². The number of pyridine rings is 1. The van der Waals surface area contributed by atoms with Crippen LogP contribution in [0.15, 0.2) is 29.5 Å². The molecule has 1 amide bonds. The number of nitro groups is 1. The van der Waals surface area contributed by atoms with Crippen LogP contribution < -0.4 is 5.56 Å². The molecule has 2 heterocycles. The third-order valence-electron chi connectivity index (χ3n) is 2.65. The van der Waals surface area contributed by atoms with Crippen LogP contribution in [0.1, 0.15) is 15.9 Å². The first-order valence-corrected chi connectivity index (χ1v) is 5.59. The summed E-state index contributed by atoms with van der Waals surface area (Å²) >= 11 is 0. The van der Waals surface area contributed by atoms with E-state index in [0.717, 1.165) is 17.8 Å². The molecule has 0 spiro atoms. The van der Waals surface area contributed by atoms with Crippen LogP contribution in [0.5, 0.6) is 0 Å². The fourth-order valence-electron chi connectivity index (χ4n) is 1.65. The van der Waals surface area contributed by atoms with Gasteiger partial charge in [-0.3, -0.25) is 24.8 Å². The van der Waals surface area contributed by atoms with Gasteiger partial charge in [-0.25, -0.2) is 0 Å². The number of nitrogens with one attached hydrogen (secondary N) is 2. The smallest absolute Gasteiger partial charge is 0.286 e. The van der Waals surface area contributed by atoms with Crippen molar-refractivity contribution in [2.24, 2.45) is 0 Å². The van der Waals surface area contributed by atoms with Crippen LogP contribution in [0.3, 0.4) is 0 Å². The highest BCUT2D eigenvalue weighted by molar-refractivity contribution is 5.94. The lowest BCUT2D eigenvalue weighted by Crippen LogP contribution is -2.31. The van der Waals surface area contributed by atoms with Crippen LogP contribution in [0.4, 0.5) is 5.69 Å². The summed E-state index contributed by atoms with van der Waals surface area (Å²) in [4.78, 5) is 37.2. The number of H-pyrrole nitrogens is 2. The van der Waals surface area contributed by atoms with Gasteiger partial charge in [0.25, 0.3) is 17.2 Å². The minimum atomic E-state index is -0.678. The van der Waals surface area contributed by atoms with Gasteiger partial charge >= 0.3 is 0 Å². The van der Waals surface area contributed by atoms with Crippen molar-refractivity contribution in [1.82, 2.24) is 20.1 Å². The Bertz CT molecular complexity index is 691. The van der Waals surface area contributed by atoms with E-state index in [-0.39, 0.29) is 17.8 Å². The summed E-state index contributed by atoms with van der Waals surface area (Å²) in [5, 5.41) is 17.0. The minimum absolute atomic E-state index is 0.234. The number of hydrogen-bond donors (Lipinski definition) is 2. The van der Waals surface area contributed by atoms with E-state index in [0.29, 0.717) is 0 Å². The van der Waals surface area contributed by atoms with Gasteiger partial charge in [0, 0.05) is 31.4 Å². The molecule has 0 fully saturated rings. The topological polar surface area (TPSA) is 125 Å². The van der Waals surface area contributed by atoms with Crippen LogP contribution in [0.2, 0.25) is 0 Å². The van der Waals surface area contributed by atoms with E-state index in [2.05, 4.69) is 15.2 Å². The van der Waals surface area contributed by atoms with Gasteiger partial charge in [-0.15, -0.1) is 0 Å². The predicted octanol–water partition coefficient (Wildman–Crippen LogP) is 0.278. The first kappa shape index (κ1) is 13.5. The zero-order chi connectivity index (χ0) is 14.7. The molecule has 20 heavy (non-hydrogen) atoms. The standard InChI is InChI=1S/C11H11N5O4/c1-15(6-7-3-13-14-4-7)11(18)9-2-8(16(19)20)5-12-10(9)17/h2-5H,6H2,1H3,(H,12,17)(H,13,14). The third-order valence-corrected chi connectivity index (χ3v) is 2.65. The lowest BCUT2D eigenvalue weighted by atomic mass is 10.2. The molecule has 2 aromatic rings. The van der Waals surface area contributed by atoms with Crippen LogP contribution in [0.25, 0.3) is 0 Å². The van der Waals surface area contributed by atoms with Crippen molar-refractivity contribution in [1.29, 1.82) is 0 Å². The molecule has 104 valence electrons. The molecule has 0 aliphatic carbocycles. The maximum Gasteiger partial charge on any atom is 0.286 e. The number of hydrogen-bond acceptors (Lipinski definition) is 5. The molecule has 0 atom stereocenters. The molecule has 0 aliphatic heterocycles. The van der Waals surface area contributed by atoms with Crippen molar-refractivity contribution in [3.8, 4) is 0 Å². The Morgan fingerprint density at radius 1 is 1.50 bits per heavy atom. The normalized spacial score (nSPS) is 10.2. The summed E-state index contributed by atoms with van der Waals surface area (Å²) < 4.78 is 0. The highest BCUT2D eigenvalue weighted by atomic mass is 16.6. The van der Waals surface area contributed by atoms with Crippen LogP contribution in [0, 0.1) is 10.1 Å². The first-order chi connectivity index (χ1) is 9.49. The summed E-state index contributed by atoms with van der Waals surface area (Å²) in [6, 6.07) is 0.965. The molecule has 9 heteroatoms. The Morgan fingerprint density at radius 2 is 2.25 bits per heavy atom. The molecule has 0 saturated carbocycles. The van der Waals surface area contributed by atoms with E-state index in [1.807, 2.05) is 0 Å². The molecular weight excluding hydrogens is 266 g/mol. The van der Waals surface area contributed by atoms with Gasteiger partial charge in [0.1, 0.15) is 5.56 Å². The van der Waals surface area contributed by atoms with Crippen molar-refractivity contribution < 1.29 is 9.72 Å². The predicted molar refractivity (Wildman–Crippen MR) is 68.1 cm³/mol. The maximum absolute atomic E-state index is 12.1. The Labute approximate surface area is 112 Å². The van der Waals surface area contributed by atoms with Gasteiger partial charge in [-0.2, -0.15) is 5.10 Å². The second-order valence-electron chi connectivity index (χ2n) is 4.13. The number of carbonyl (C=O) groups excluding carboxylic acids is 1. The lowest BCUT2D eigenvalue weighted by Gasteiger charge is -2.15. The molecule has 2 rings (SSSR count). The molecule has 0 bridgehead atoms. The van der Waals surface area contributed by atoms with Crippen LogP contribution in [-0.2, 0) is 6.54 Å². The summed E-state index contributed by atoms with van der Waals surface area (Å²) in [5.74, 6) is -0.601. The Kier molecular flexibility index (Phi) is 3.60. The minimum Gasteiger partial charge on any atom is -0.337 e. The molecule has 0 radical (unpaired) electrons. The van der Waals surface area contributed by atoms with Crippen molar-refractivity contribution in [3.05, 3.63) is 56.3 Å². The number of carbonyl (C=O) groups is 1. The van der Waals surface area contributed by atoms with Crippen LogP contribution in [-0.4, -0.2) is 38.0 Å².